The highest BCUT2D eigenvalue weighted by molar-refractivity contribution is 6.10. The molecule has 0 spiro atoms. The fourth-order valence-electron chi connectivity index (χ4n) is 6.43. The van der Waals surface area contributed by atoms with Gasteiger partial charge in [0.25, 0.3) is 5.91 Å². The van der Waals surface area contributed by atoms with Gasteiger partial charge in [-0.25, -0.2) is 0 Å². The molecule has 206 valence electrons. The van der Waals surface area contributed by atoms with E-state index in [9.17, 15) is 23.1 Å². The maximum absolute atomic E-state index is 14.2. The maximum atomic E-state index is 14.2. The van der Waals surface area contributed by atoms with Crippen LogP contribution in [0.4, 0.5) is 18.9 Å². The quantitative estimate of drug-likeness (QED) is 0.513. The van der Waals surface area contributed by atoms with Crippen molar-refractivity contribution in [2.75, 3.05) is 25.1 Å². The Bertz CT molecular complexity index is 1440. The van der Waals surface area contributed by atoms with Crippen LogP contribution >= 0.6 is 0 Å². The van der Waals surface area contributed by atoms with Gasteiger partial charge in [0.05, 0.1) is 29.2 Å². The first-order valence-electron chi connectivity index (χ1n) is 12.9. The zero-order valence-corrected chi connectivity index (χ0v) is 22.0. The zero-order chi connectivity index (χ0) is 27.7. The number of methoxy groups -OCH3 is 1. The Kier molecular flexibility index (Phi) is 5.91. The number of likely N-dealkylation sites (tertiary alicyclic amines) is 1. The summed E-state index contributed by atoms with van der Waals surface area (Å²) < 4.78 is 49.9. The summed E-state index contributed by atoms with van der Waals surface area (Å²) in [4.78, 5) is 16.9. The molecular formula is C28H30F3N5O3. The third-order valence-corrected chi connectivity index (χ3v) is 8.28. The average Bonchev–Trinajstić information content (AvgIpc) is 3.40. The second-order valence-corrected chi connectivity index (χ2v) is 11.4. The van der Waals surface area contributed by atoms with E-state index in [0.717, 1.165) is 17.5 Å². The highest BCUT2D eigenvalue weighted by atomic mass is 19.4. The van der Waals surface area contributed by atoms with Crippen molar-refractivity contribution in [2.45, 2.75) is 56.2 Å². The van der Waals surface area contributed by atoms with Gasteiger partial charge in [-0.3, -0.25) is 9.69 Å². The van der Waals surface area contributed by atoms with Gasteiger partial charge in [-0.1, -0.05) is 12.1 Å². The van der Waals surface area contributed by atoms with E-state index in [1.807, 2.05) is 34.7 Å². The van der Waals surface area contributed by atoms with Crippen molar-refractivity contribution in [3.05, 3.63) is 76.4 Å². The molecule has 1 aliphatic carbocycles. The Hall–Kier alpha value is -3.28. The number of ether oxygens (including phenoxy) is 1. The molecule has 3 aromatic rings. The Morgan fingerprint density at radius 2 is 1.92 bits per heavy atom. The second kappa shape index (κ2) is 8.87. The molecule has 0 bridgehead atoms. The standard InChI is InChI=1S/C28H30F3N5O3/c1-26(38)14-35(15-26)12-17-7-21-22(23(8-17)28(29,30)31)13-36(24(21)37)19-6-4-5-18(9-19)27(10-20(11-27)39-3)25-33-32-16-34(25)2/h4-9,16,20,38H,10-15H2,1-3H3. The number of amides is 1. The van der Waals surface area contributed by atoms with Crippen molar-refractivity contribution >= 4 is 11.6 Å². The van der Waals surface area contributed by atoms with E-state index >= 15 is 0 Å². The molecular weight excluding hydrogens is 511 g/mol. The highest BCUT2D eigenvalue weighted by Crippen LogP contribution is 2.50. The number of carbonyl (C=O) groups excluding carboxylic acids is 1. The molecule has 1 N–H and O–H groups in total. The number of aryl methyl sites for hydroxylation is 1. The van der Waals surface area contributed by atoms with Crippen LogP contribution in [0.5, 0.6) is 0 Å². The topological polar surface area (TPSA) is 83.7 Å². The zero-order valence-electron chi connectivity index (χ0n) is 22.0. The van der Waals surface area contributed by atoms with Crippen LogP contribution in [-0.4, -0.2) is 62.6 Å². The Morgan fingerprint density at radius 1 is 1.18 bits per heavy atom. The van der Waals surface area contributed by atoms with Gasteiger partial charge in [-0.05, 0) is 60.7 Å². The summed E-state index contributed by atoms with van der Waals surface area (Å²) >= 11 is 0. The Morgan fingerprint density at radius 3 is 2.54 bits per heavy atom. The summed E-state index contributed by atoms with van der Waals surface area (Å²) in [7, 11) is 3.54. The normalized spacial score (nSPS) is 24.4. The van der Waals surface area contributed by atoms with Crippen molar-refractivity contribution < 1.29 is 27.8 Å². The van der Waals surface area contributed by atoms with Gasteiger partial charge in [-0.15, -0.1) is 10.2 Å². The van der Waals surface area contributed by atoms with E-state index in [1.54, 1.807) is 32.5 Å². The number of nitrogens with zero attached hydrogens (tertiary/aromatic N) is 5. The molecule has 8 nitrogen and oxygen atoms in total. The molecule has 2 aromatic carbocycles. The molecule has 1 saturated heterocycles. The average molecular weight is 542 g/mol. The molecule has 0 unspecified atom stereocenters. The van der Waals surface area contributed by atoms with Crippen molar-refractivity contribution in [1.82, 2.24) is 19.7 Å². The first-order valence-corrected chi connectivity index (χ1v) is 12.9. The molecule has 0 atom stereocenters. The van der Waals surface area contributed by atoms with Crippen LogP contribution < -0.4 is 4.90 Å². The van der Waals surface area contributed by atoms with E-state index in [2.05, 4.69) is 10.2 Å². The SMILES string of the molecule is COC1CC(c2cccc(N3Cc4c(cc(CN5CC(C)(O)C5)cc4C(F)(F)F)C3=O)c2)(c2nncn2C)C1. The van der Waals surface area contributed by atoms with Gasteiger partial charge in [0, 0.05) is 45.0 Å². The number of anilines is 1. The number of aliphatic hydroxyl groups is 1. The first-order chi connectivity index (χ1) is 18.4. The largest absolute Gasteiger partial charge is 0.416 e. The molecule has 2 aliphatic heterocycles. The predicted octanol–water partition coefficient (Wildman–Crippen LogP) is 3.66. The van der Waals surface area contributed by atoms with Crippen LogP contribution in [-0.2, 0) is 36.5 Å². The van der Waals surface area contributed by atoms with Gasteiger partial charge >= 0.3 is 6.18 Å². The fraction of sp³-hybridized carbons (Fsp3) is 0.464. The summed E-state index contributed by atoms with van der Waals surface area (Å²) in [5, 5.41) is 18.4. The highest BCUT2D eigenvalue weighted by Gasteiger charge is 2.50. The molecule has 1 aromatic heterocycles. The molecule has 2 fully saturated rings. The number of aromatic nitrogens is 3. The number of fused-ring (bicyclic) bond motifs is 1. The number of hydrogen-bond acceptors (Lipinski definition) is 6. The van der Waals surface area contributed by atoms with Crippen LogP contribution in [0.15, 0.2) is 42.7 Å². The fourth-order valence-corrected chi connectivity index (χ4v) is 6.43. The summed E-state index contributed by atoms with van der Waals surface area (Å²) in [6.45, 7) is 2.50. The van der Waals surface area contributed by atoms with Crippen LogP contribution in [0.25, 0.3) is 0 Å². The van der Waals surface area contributed by atoms with Crippen molar-refractivity contribution in [3.63, 3.8) is 0 Å². The third-order valence-electron chi connectivity index (χ3n) is 8.28. The summed E-state index contributed by atoms with van der Waals surface area (Å²) in [5.74, 6) is 0.319. The minimum atomic E-state index is -4.60. The van der Waals surface area contributed by atoms with Crippen molar-refractivity contribution in [1.29, 1.82) is 0 Å². The van der Waals surface area contributed by atoms with E-state index in [0.29, 0.717) is 37.2 Å². The monoisotopic (exact) mass is 541 g/mol. The van der Waals surface area contributed by atoms with Crippen molar-refractivity contribution in [3.8, 4) is 0 Å². The van der Waals surface area contributed by atoms with Gasteiger partial charge in [0.1, 0.15) is 12.2 Å². The van der Waals surface area contributed by atoms with Crippen molar-refractivity contribution in [2.24, 2.45) is 7.05 Å². The minimum absolute atomic E-state index is 0.0108. The lowest BCUT2D eigenvalue weighted by Gasteiger charge is -2.46. The van der Waals surface area contributed by atoms with Gasteiger partial charge in [0.15, 0.2) is 0 Å². The summed E-state index contributed by atoms with van der Waals surface area (Å²) in [6, 6.07) is 10.1. The van der Waals surface area contributed by atoms with Crippen LogP contribution in [0.2, 0.25) is 0 Å². The van der Waals surface area contributed by atoms with E-state index < -0.39 is 28.7 Å². The Labute approximate surface area is 224 Å². The minimum Gasteiger partial charge on any atom is -0.388 e. The Balaban J connectivity index is 1.34. The van der Waals surface area contributed by atoms with Crippen LogP contribution in [0, 0.1) is 0 Å². The molecule has 11 heteroatoms. The summed E-state index contributed by atoms with van der Waals surface area (Å²) in [5.41, 5.74) is -0.187. The van der Waals surface area contributed by atoms with Crippen LogP contribution in [0.3, 0.4) is 0 Å². The number of carbonyl (C=O) groups is 1. The lowest BCUT2D eigenvalue weighted by Crippen LogP contribution is -2.59. The van der Waals surface area contributed by atoms with Gasteiger partial charge < -0.3 is 19.3 Å². The molecule has 0 radical (unpaired) electrons. The smallest absolute Gasteiger partial charge is 0.388 e. The molecule has 3 aliphatic rings. The summed E-state index contributed by atoms with van der Waals surface area (Å²) in [6.07, 6.45) is -1.56. The number of hydrogen-bond donors (Lipinski definition) is 1. The molecule has 1 saturated carbocycles. The van der Waals surface area contributed by atoms with E-state index in [4.69, 9.17) is 4.74 Å². The number of rotatable bonds is 6. The lowest BCUT2D eigenvalue weighted by atomic mass is 9.62. The van der Waals surface area contributed by atoms with Gasteiger partial charge in [0.2, 0.25) is 0 Å². The number of β-amino-alcohol motifs (C(OH)–C–C–N with tert-alkyl or cyclic N) is 1. The maximum Gasteiger partial charge on any atom is 0.416 e. The number of halogens is 3. The third kappa shape index (κ3) is 4.32. The molecule has 3 heterocycles. The van der Waals surface area contributed by atoms with Gasteiger partial charge in [-0.2, -0.15) is 13.2 Å². The molecule has 39 heavy (non-hydrogen) atoms. The molecule has 1 amide bonds. The lowest BCUT2D eigenvalue weighted by molar-refractivity contribution is -0.138. The second-order valence-electron chi connectivity index (χ2n) is 11.4. The van der Waals surface area contributed by atoms with Crippen LogP contribution in [0.1, 0.15) is 58.2 Å². The van der Waals surface area contributed by atoms with E-state index in [1.165, 1.54) is 4.90 Å². The number of alkyl halides is 3. The molecule has 6 rings (SSSR count). The van der Waals surface area contributed by atoms with E-state index in [-0.39, 0.29) is 30.3 Å². The predicted molar refractivity (Wildman–Crippen MR) is 136 cm³/mol. The number of benzene rings is 2. The first kappa shape index (κ1) is 26.0.